The maximum atomic E-state index is 11.3. The molecule has 0 bridgehead atoms. The molecule has 0 fully saturated rings. The second-order valence-electron chi connectivity index (χ2n) is 5.19. The van der Waals surface area contributed by atoms with E-state index in [9.17, 15) is 9.90 Å². The van der Waals surface area contributed by atoms with Crippen LogP contribution in [0, 0.1) is 0 Å². The van der Waals surface area contributed by atoms with Gasteiger partial charge in [0, 0.05) is 15.5 Å². The fraction of sp³-hybridized carbons (Fsp3) is 0.267. The number of aliphatic hydroxyl groups is 1. The van der Waals surface area contributed by atoms with Gasteiger partial charge in [-0.1, -0.05) is 6.07 Å². The molecular weight excluding hydrogens is 304 g/mol. The lowest BCUT2D eigenvalue weighted by Crippen LogP contribution is -1.99. The zero-order valence-corrected chi connectivity index (χ0v) is 12.8. The molecule has 3 heterocycles. The van der Waals surface area contributed by atoms with Crippen molar-refractivity contribution in [3.63, 3.8) is 0 Å². The van der Waals surface area contributed by atoms with Crippen LogP contribution in [0.25, 0.3) is 11.0 Å². The van der Waals surface area contributed by atoms with Crippen LogP contribution in [0.15, 0.2) is 29.1 Å². The van der Waals surface area contributed by atoms with Gasteiger partial charge in [-0.3, -0.25) is 0 Å². The Labute approximate surface area is 129 Å². The average Bonchev–Trinajstić information content (AvgIpc) is 3.07. The number of imidazole rings is 1. The van der Waals surface area contributed by atoms with Gasteiger partial charge in [0.1, 0.15) is 6.10 Å². The predicted molar refractivity (Wildman–Crippen MR) is 87.2 cm³/mol. The van der Waals surface area contributed by atoms with Gasteiger partial charge >= 0.3 is 5.69 Å². The Morgan fingerprint density at radius 1 is 1.19 bits per heavy atom. The molecule has 1 unspecified atom stereocenters. The van der Waals surface area contributed by atoms with Crippen LogP contribution >= 0.6 is 23.1 Å². The van der Waals surface area contributed by atoms with Crippen molar-refractivity contribution in [2.24, 2.45) is 0 Å². The van der Waals surface area contributed by atoms with Gasteiger partial charge in [-0.2, -0.15) is 11.8 Å². The summed E-state index contributed by atoms with van der Waals surface area (Å²) >= 11 is 3.65. The van der Waals surface area contributed by atoms with E-state index in [0.29, 0.717) is 0 Å². The lowest BCUT2D eigenvalue weighted by atomic mass is 10.1. The Kier molecular flexibility index (Phi) is 3.17. The molecule has 4 rings (SSSR count). The van der Waals surface area contributed by atoms with E-state index in [0.717, 1.165) is 33.6 Å². The zero-order valence-electron chi connectivity index (χ0n) is 11.2. The number of H-pyrrole nitrogens is 2. The highest BCUT2D eigenvalue weighted by molar-refractivity contribution is 7.98. The number of hydrogen-bond acceptors (Lipinski definition) is 4. The summed E-state index contributed by atoms with van der Waals surface area (Å²) in [6.07, 6.45) is 0.468. The number of hydrogen-bond donors (Lipinski definition) is 3. The number of aromatic amines is 2. The smallest absolute Gasteiger partial charge is 0.323 e. The van der Waals surface area contributed by atoms with Crippen LogP contribution in [-0.2, 0) is 12.2 Å². The third-order valence-corrected chi connectivity index (χ3v) is 6.07. The van der Waals surface area contributed by atoms with Crippen LogP contribution in [0.2, 0.25) is 0 Å². The molecular formula is C15H14N2O2S2. The van der Waals surface area contributed by atoms with Crippen molar-refractivity contribution in [1.82, 2.24) is 9.97 Å². The summed E-state index contributed by atoms with van der Waals surface area (Å²) in [5.74, 6) is 2.21. The number of nitrogens with one attached hydrogen (secondary N) is 2. The molecule has 6 heteroatoms. The first-order chi connectivity index (χ1) is 10.2. The summed E-state index contributed by atoms with van der Waals surface area (Å²) in [5, 5.41) is 10.6. The largest absolute Gasteiger partial charge is 0.383 e. The van der Waals surface area contributed by atoms with Gasteiger partial charge in [0.25, 0.3) is 0 Å². The van der Waals surface area contributed by atoms with Gasteiger partial charge in [-0.15, -0.1) is 11.3 Å². The highest BCUT2D eigenvalue weighted by Gasteiger charge is 2.19. The molecule has 1 aliphatic rings. The van der Waals surface area contributed by atoms with Crippen molar-refractivity contribution >= 4 is 34.1 Å². The predicted octanol–water partition coefficient (Wildman–Crippen LogP) is 2.79. The van der Waals surface area contributed by atoms with Crippen molar-refractivity contribution in [1.29, 1.82) is 0 Å². The fourth-order valence-electron chi connectivity index (χ4n) is 2.69. The molecule has 1 aliphatic heterocycles. The minimum Gasteiger partial charge on any atom is -0.383 e. The second-order valence-corrected chi connectivity index (χ2v) is 7.46. The first-order valence-electron chi connectivity index (χ1n) is 6.80. The van der Waals surface area contributed by atoms with Crippen LogP contribution < -0.4 is 5.69 Å². The van der Waals surface area contributed by atoms with Crippen molar-refractivity contribution in [2.45, 2.75) is 18.3 Å². The van der Waals surface area contributed by atoms with E-state index in [2.05, 4.69) is 16.0 Å². The Hall–Kier alpha value is -1.50. The van der Waals surface area contributed by atoms with Gasteiger partial charge in [0.2, 0.25) is 0 Å². The number of aryl methyl sites for hydroxylation is 1. The maximum Gasteiger partial charge on any atom is 0.323 e. The Balaban J connectivity index is 1.73. The molecule has 3 N–H and O–H groups in total. The molecule has 2 aromatic heterocycles. The topological polar surface area (TPSA) is 68.9 Å². The van der Waals surface area contributed by atoms with E-state index in [1.54, 1.807) is 11.3 Å². The van der Waals surface area contributed by atoms with Crippen molar-refractivity contribution < 1.29 is 5.11 Å². The highest BCUT2D eigenvalue weighted by Crippen LogP contribution is 2.36. The number of aromatic nitrogens is 2. The fourth-order valence-corrected chi connectivity index (χ4v) is 5.08. The Morgan fingerprint density at radius 2 is 2.05 bits per heavy atom. The lowest BCUT2D eigenvalue weighted by molar-refractivity contribution is 0.224. The summed E-state index contributed by atoms with van der Waals surface area (Å²) in [6, 6.07) is 7.66. The van der Waals surface area contributed by atoms with E-state index in [1.807, 2.05) is 30.0 Å². The van der Waals surface area contributed by atoms with Crippen LogP contribution in [0.3, 0.4) is 0 Å². The quantitative estimate of drug-likeness (QED) is 0.680. The van der Waals surface area contributed by atoms with E-state index in [-0.39, 0.29) is 5.69 Å². The molecule has 0 aliphatic carbocycles. The van der Waals surface area contributed by atoms with Gasteiger partial charge in [-0.05, 0) is 41.5 Å². The van der Waals surface area contributed by atoms with Crippen molar-refractivity contribution in [2.75, 3.05) is 5.75 Å². The Morgan fingerprint density at radius 3 is 2.90 bits per heavy atom. The van der Waals surface area contributed by atoms with E-state index in [1.165, 1.54) is 16.2 Å². The molecule has 0 radical (unpaired) electrons. The normalized spacial score (nSPS) is 16.0. The van der Waals surface area contributed by atoms with E-state index < -0.39 is 6.10 Å². The third kappa shape index (κ3) is 2.33. The summed E-state index contributed by atoms with van der Waals surface area (Å²) in [5.41, 5.74) is 3.44. The van der Waals surface area contributed by atoms with E-state index in [4.69, 9.17) is 0 Å². The van der Waals surface area contributed by atoms with Crippen LogP contribution in [-0.4, -0.2) is 20.8 Å². The molecule has 21 heavy (non-hydrogen) atoms. The number of fused-ring (bicyclic) bond motifs is 2. The molecule has 1 atom stereocenters. The first kappa shape index (κ1) is 13.2. The monoisotopic (exact) mass is 318 g/mol. The minimum atomic E-state index is -0.631. The summed E-state index contributed by atoms with van der Waals surface area (Å²) in [7, 11) is 0. The highest BCUT2D eigenvalue weighted by atomic mass is 32.2. The SMILES string of the molecule is O=c1[nH]c2ccc(C(O)c3cc4c(s3)CCSC4)cc2[nH]1. The number of aliphatic hydroxyl groups excluding tert-OH is 1. The number of thiophene rings is 1. The summed E-state index contributed by atoms with van der Waals surface area (Å²) in [6.45, 7) is 0. The molecule has 0 spiro atoms. The molecule has 1 aromatic carbocycles. The van der Waals surface area contributed by atoms with E-state index >= 15 is 0 Å². The van der Waals surface area contributed by atoms with Gasteiger partial charge in [0.15, 0.2) is 0 Å². The molecule has 0 saturated heterocycles. The molecule has 3 aromatic rings. The number of rotatable bonds is 2. The van der Waals surface area contributed by atoms with Gasteiger partial charge in [0.05, 0.1) is 11.0 Å². The summed E-state index contributed by atoms with van der Waals surface area (Å²) in [4.78, 5) is 19.1. The zero-order chi connectivity index (χ0) is 14.4. The maximum absolute atomic E-state index is 11.3. The van der Waals surface area contributed by atoms with Gasteiger partial charge < -0.3 is 15.1 Å². The molecule has 0 saturated carbocycles. The summed E-state index contributed by atoms with van der Waals surface area (Å²) < 4.78 is 0. The standard InChI is InChI=1S/C15H14N2O2S2/c18-14(13-6-9-7-20-4-3-12(9)21-13)8-1-2-10-11(5-8)17-15(19)16-10/h1-2,5-6,14,18H,3-4,7H2,(H2,16,17,19). The van der Waals surface area contributed by atoms with Crippen LogP contribution in [0.5, 0.6) is 0 Å². The number of benzene rings is 1. The molecule has 0 amide bonds. The lowest BCUT2D eigenvalue weighted by Gasteiger charge is -2.08. The minimum absolute atomic E-state index is 0.222. The third-order valence-electron chi connectivity index (χ3n) is 3.77. The second kappa shape index (κ2) is 5.05. The van der Waals surface area contributed by atoms with Crippen LogP contribution in [0.4, 0.5) is 0 Å². The van der Waals surface area contributed by atoms with Crippen molar-refractivity contribution in [3.05, 3.63) is 55.6 Å². The first-order valence-corrected chi connectivity index (χ1v) is 8.77. The van der Waals surface area contributed by atoms with Gasteiger partial charge in [-0.25, -0.2) is 4.79 Å². The Bertz CT molecular complexity index is 839. The molecule has 108 valence electrons. The molecule has 4 nitrogen and oxygen atoms in total. The average molecular weight is 318 g/mol. The van der Waals surface area contributed by atoms with Crippen LogP contribution in [0.1, 0.15) is 27.0 Å². The number of thioether (sulfide) groups is 1. The van der Waals surface area contributed by atoms with Crippen molar-refractivity contribution in [3.8, 4) is 0 Å².